The SMILES string of the molecule is Cc1ccc(CC2CC3(C2)CN(C(=O)C2CC(C)(O)C2)C3)cc1C. The molecule has 0 atom stereocenters. The molecule has 1 saturated heterocycles. The Bertz CT molecular complexity index is 656. The van der Waals surface area contributed by atoms with Crippen LogP contribution in [-0.4, -0.2) is 34.6 Å². The summed E-state index contributed by atoms with van der Waals surface area (Å²) < 4.78 is 0. The molecule has 3 nitrogen and oxygen atoms in total. The van der Waals surface area contributed by atoms with Crippen molar-refractivity contribution in [1.82, 2.24) is 4.90 Å². The number of nitrogens with zero attached hydrogens (tertiary/aromatic N) is 1. The molecule has 130 valence electrons. The van der Waals surface area contributed by atoms with Crippen LogP contribution in [0.25, 0.3) is 0 Å². The second-order valence-electron chi connectivity index (χ2n) is 9.19. The molecule has 4 rings (SSSR count). The molecule has 0 aromatic heterocycles. The molecule has 1 aromatic rings. The van der Waals surface area contributed by atoms with Crippen LogP contribution in [-0.2, 0) is 11.2 Å². The molecule has 2 saturated carbocycles. The van der Waals surface area contributed by atoms with Gasteiger partial charge >= 0.3 is 0 Å². The average Bonchev–Trinajstić information content (AvgIpc) is 2.40. The third-order valence-electron chi connectivity index (χ3n) is 6.62. The molecule has 3 heteroatoms. The van der Waals surface area contributed by atoms with E-state index in [1.807, 2.05) is 11.8 Å². The van der Waals surface area contributed by atoms with Crippen LogP contribution < -0.4 is 0 Å². The maximum absolute atomic E-state index is 12.4. The largest absolute Gasteiger partial charge is 0.390 e. The van der Waals surface area contributed by atoms with E-state index in [9.17, 15) is 9.90 Å². The van der Waals surface area contributed by atoms with Crippen LogP contribution in [0.2, 0.25) is 0 Å². The Kier molecular flexibility index (Phi) is 3.58. The van der Waals surface area contributed by atoms with Crippen molar-refractivity contribution in [2.24, 2.45) is 17.3 Å². The summed E-state index contributed by atoms with van der Waals surface area (Å²) in [4.78, 5) is 14.4. The Hall–Kier alpha value is -1.35. The van der Waals surface area contributed by atoms with Crippen LogP contribution in [0.3, 0.4) is 0 Å². The molecule has 1 spiro atoms. The Morgan fingerprint density at radius 3 is 2.42 bits per heavy atom. The van der Waals surface area contributed by atoms with Crippen LogP contribution in [0, 0.1) is 31.1 Å². The lowest BCUT2D eigenvalue weighted by Crippen LogP contribution is -2.66. The maximum atomic E-state index is 12.4. The van der Waals surface area contributed by atoms with Crippen molar-refractivity contribution in [3.63, 3.8) is 0 Å². The molecule has 0 radical (unpaired) electrons. The van der Waals surface area contributed by atoms with Crippen LogP contribution in [0.5, 0.6) is 0 Å². The Morgan fingerprint density at radius 2 is 1.83 bits per heavy atom. The smallest absolute Gasteiger partial charge is 0.225 e. The molecule has 24 heavy (non-hydrogen) atoms. The Balaban J connectivity index is 1.24. The number of hydrogen-bond acceptors (Lipinski definition) is 2. The minimum absolute atomic E-state index is 0.0729. The number of amides is 1. The first-order valence-electron chi connectivity index (χ1n) is 9.33. The first-order valence-corrected chi connectivity index (χ1v) is 9.33. The second kappa shape index (κ2) is 5.32. The van der Waals surface area contributed by atoms with Gasteiger partial charge < -0.3 is 10.0 Å². The molecule has 1 heterocycles. The van der Waals surface area contributed by atoms with Crippen molar-refractivity contribution in [2.75, 3.05) is 13.1 Å². The van der Waals surface area contributed by atoms with Crippen molar-refractivity contribution in [1.29, 1.82) is 0 Å². The lowest BCUT2D eigenvalue weighted by molar-refractivity contribution is -0.171. The molecule has 3 fully saturated rings. The number of aryl methyl sites for hydroxylation is 2. The summed E-state index contributed by atoms with van der Waals surface area (Å²) in [6.45, 7) is 8.09. The highest BCUT2D eigenvalue weighted by Crippen LogP contribution is 2.54. The van der Waals surface area contributed by atoms with Gasteiger partial charge in [-0.2, -0.15) is 0 Å². The Morgan fingerprint density at radius 1 is 1.17 bits per heavy atom. The van der Waals surface area contributed by atoms with Crippen LogP contribution in [0.4, 0.5) is 0 Å². The number of carbonyl (C=O) groups excluding carboxylic acids is 1. The van der Waals surface area contributed by atoms with Gasteiger partial charge in [0.2, 0.25) is 5.91 Å². The Labute approximate surface area is 145 Å². The van der Waals surface area contributed by atoms with Crippen LogP contribution >= 0.6 is 0 Å². The van der Waals surface area contributed by atoms with Gasteiger partial charge in [-0.15, -0.1) is 0 Å². The number of aliphatic hydroxyl groups is 1. The molecule has 1 aliphatic heterocycles. The molecule has 1 aromatic carbocycles. The molecule has 0 unspecified atom stereocenters. The highest BCUT2D eigenvalue weighted by Gasteiger charge is 2.55. The van der Waals surface area contributed by atoms with Crippen molar-refractivity contribution in [3.05, 3.63) is 34.9 Å². The van der Waals surface area contributed by atoms with Gasteiger partial charge in [-0.1, -0.05) is 18.2 Å². The highest BCUT2D eigenvalue weighted by atomic mass is 16.3. The fourth-order valence-electron chi connectivity index (χ4n) is 5.19. The molecule has 0 bridgehead atoms. The monoisotopic (exact) mass is 327 g/mol. The minimum Gasteiger partial charge on any atom is -0.390 e. The van der Waals surface area contributed by atoms with E-state index in [2.05, 4.69) is 32.0 Å². The average molecular weight is 327 g/mol. The summed E-state index contributed by atoms with van der Waals surface area (Å²) >= 11 is 0. The van der Waals surface area contributed by atoms with Gasteiger partial charge in [-0.25, -0.2) is 0 Å². The molecular weight excluding hydrogens is 298 g/mol. The summed E-state index contributed by atoms with van der Waals surface area (Å²) in [5.74, 6) is 1.14. The zero-order chi connectivity index (χ0) is 17.1. The predicted molar refractivity (Wildman–Crippen MR) is 94.7 cm³/mol. The van der Waals surface area contributed by atoms with Gasteiger partial charge in [0.1, 0.15) is 0 Å². The maximum Gasteiger partial charge on any atom is 0.225 e. The fourth-order valence-corrected chi connectivity index (χ4v) is 5.19. The van der Waals surface area contributed by atoms with Gasteiger partial charge in [-0.05, 0) is 75.5 Å². The number of rotatable bonds is 3. The quantitative estimate of drug-likeness (QED) is 0.926. The fraction of sp³-hybridized carbons (Fsp3) is 0.667. The van der Waals surface area contributed by atoms with E-state index in [1.165, 1.54) is 36.0 Å². The lowest BCUT2D eigenvalue weighted by Gasteiger charge is -2.60. The number of hydrogen-bond donors (Lipinski definition) is 1. The van der Waals surface area contributed by atoms with Crippen molar-refractivity contribution in [2.45, 2.75) is 58.5 Å². The normalized spacial score (nSPS) is 31.3. The van der Waals surface area contributed by atoms with Gasteiger partial charge in [0, 0.05) is 24.4 Å². The highest BCUT2D eigenvalue weighted by molar-refractivity contribution is 5.81. The van der Waals surface area contributed by atoms with E-state index in [0.29, 0.717) is 18.3 Å². The van der Waals surface area contributed by atoms with Gasteiger partial charge in [0.25, 0.3) is 0 Å². The second-order valence-corrected chi connectivity index (χ2v) is 9.19. The van der Waals surface area contributed by atoms with Gasteiger partial charge in [-0.3, -0.25) is 4.79 Å². The third kappa shape index (κ3) is 2.77. The molecule has 1 N–H and O–H groups in total. The first-order chi connectivity index (χ1) is 11.3. The van der Waals surface area contributed by atoms with E-state index >= 15 is 0 Å². The van der Waals surface area contributed by atoms with E-state index < -0.39 is 5.60 Å². The molecule has 2 aliphatic carbocycles. The van der Waals surface area contributed by atoms with Crippen LogP contribution in [0.15, 0.2) is 18.2 Å². The van der Waals surface area contributed by atoms with Gasteiger partial charge in [0.15, 0.2) is 0 Å². The van der Waals surface area contributed by atoms with E-state index in [-0.39, 0.29) is 11.8 Å². The molecule has 3 aliphatic rings. The minimum atomic E-state index is -0.601. The lowest BCUT2D eigenvalue weighted by atomic mass is 9.56. The van der Waals surface area contributed by atoms with Crippen molar-refractivity contribution < 1.29 is 9.90 Å². The summed E-state index contributed by atoms with van der Waals surface area (Å²) in [6.07, 6.45) is 5.01. The summed E-state index contributed by atoms with van der Waals surface area (Å²) in [5, 5.41) is 9.81. The molecule has 1 amide bonds. The van der Waals surface area contributed by atoms with Crippen LogP contribution in [0.1, 0.15) is 49.3 Å². The van der Waals surface area contributed by atoms with E-state index in [0.717, 1.165) is 19.0 Å². The number of likely N-dealkylation sites (tertiary alicyclic amines) is 1. The first kappa shape index (κ1) is 16.1. The van der Waals surface area contributed by atoms with E-state index in [1.54, 1.807) is 0 Å². The summed E-state index contributed by atoms with van der Waals surface area (Å²) in [6, 6.07) is 6.84. The predicted octanol–water partition coefficient (Wildman–Crippen LogP) is 3.25. The van der Waals surface area contributed by atoms with Crippen molar-refractivity contribution in [3.8, 4) is 0 Å². The summed E-state index contributed by atoms with van der Waals surface area (Å²) in [7, 11) is 0. The van der Waals surface area contributed by atoms with Gasteiger partial charge in [0.05, 0.1) is 5.60 Å². The number of benzene rings is 1. The molecular formula is C21H29NO2. The zero-order valence-electron chi connectivity index (χ0n) is 15.1. The zero-order valence-corrected chi connectivity index (χ0v) is 15.1. The third-order valence-corrected chi connectivity index (χ3v) is 6.62. The summed E-state index contributed by atoms with van der Waals surface area (Å²) in [5.41, 5.74) is 4.04. The van der Waals surface area contributed by atoms with Crippen molar-refractivity contribution >= 4 is 5.91 Å². The topological polar surface area (TPSA) is 40.5 Å². The van der Waals surface area contributed by atoms with E-state index in [4.69, 9.17) is 0 Å². The standard InChI is InChI=1S/C21H29NO2/c1-14-4-5-16(6-15(14)2)7-17-8-21(9-17)12-22(13-21)19(23)18-10-20(3,24)11-18/h4-6,17-18,24H,7-13H2,1-3H3. The number of carbonyl (C=O) groups is 1.